The Morgan fingerprint density at radius 2 is 1.73 bits per heavy atom. The van der Waals surface area contributed by atoms with E-state index in [1.54, 1.807) is 25.1 Å². The molecule has 3 rings (SSSR count). The minimum Gasteiger partial charge on any atom is -0.493 e. The topological polar surface area (TPSA) is 83.7 Å². The van der Waals surface area contributed by atoms with Crippen LogP contribution in [0.2, 0.25) is 0 Å². The number of ketones is 1. The number of benzene rings is 2. The highest BCUT2D eigenvalue weighted by molar-refractivity contribution is 8.00. The molecule has 0 N–H and O–H groups in total. The van der Waals surface area contributed by atoms with Gasteiger partial charge in [-0.25, -0.2) is 0 Å². The maximum Gasteiger partial charge on any atom is 0.387 e. The van der Waals surface area contributed by atoms with Crippen molar-refractivity contribution in [1.82, 2.24) is 10.2 Å². The SMILES string of the molecule is COc1ccc(C(=O)C(C)Sc2nnc(-c3ccc(OC(F)F)cc3)o2)cc1OC. The number of rotatable bonds is 9. The molecule has 2 aromatic carbocycles. The second-order valence-electron chi connectivity index (χ2n) is 5.97. The van der Waals surface area contributed by atoms with Crippen molar-refractivity contribution in [3.8, 4) is 28.7 Å². The quantitative estimate of drug-likeness (QED) is 0.352. The average Bonchev–Trinajstić information content (AvgIpc) is 3.21. The van der Waals surface area contributed by atoms with Gasteiger partial charge in [0.2, 0.25) is 5.89 Å². The molecule has 0 aliphatic carbocycles. The first-order valence-electron chi connectivity index (χ1n) is 8.73. The molecule has 1 heterocycles. The summed E-state index contributed by atoms with van der Waals surface area (Å²) in [5.74, 6) is 1.07. The fourth-order valence-corrected chi connectivity index (χ4v) is 3.34. The summed E-state index contributed by atoms with van der Waals surface area (Å²) in [6.45, 7) is -1.17. The molecular weight excluding hydrogens is 418 g/mol. The maximum atomic E-state index is 12.7. The van der Waals surface area contributed by atoms with Crippen molar-refractivity contribution in [2.45, 2.75) is 24.0 Å². The van der Waals surface area contributed by atoms with E-state index in [2.05, 4.69) is 14.9 Å². The molecule has 1 atom stereocenters. The first-order valence-corrected chi connectivity index (χ1v) is 9.61. The second-order valence-corrected chi connectivity index (χ2v) is 7.26. The fourth-order valence-electron chi connectivity index (χ4n) is 2.58. The van der Waals surface area contributed by atoms with Gasteiger partial charge in [0.25, 0.3) is 5.22 Å². The molecule has 10 heteroatoms. The van der Waals surface area contributed by atoms with Crippen molar-refractivity contribution in [3.63, 3.8) is 0 Å². The molecule has 30 heavy (non-hydrogen) atoms. The first kappa shape index (κ1) is 21.6. The molecule has 0 aliphatic heterocycles. The monoisotopic (exact) mass is 436 g/mol. The van der Waals surface area contributed by atoms with E-state index in [1.165, 1.54) is 38.5 Å². The molecule has 0 bridgehead atoms. The van der Waals surface area contributed by atoms with Gasteiger partial charge >= 0.3 is 6.61 Å². The van der Waals surface area contributed by atoms with E-state index in [1.807, 2.05) is 0 Å². The number of aromatic nitrogens is 2. The number of methoxy groups -OCH3 is 2. The van der Waals surface area contributed by atoms with Gasteiger partial charge < -0.3 is 18.6 Å². The van der Waals surface area contributed by atoms with Crippen molar-refractivity contribution in [1.29, 1.82) is 0 Å². The second kappa shape index (κ2) is 9.57. The Morgan fingerprint density at radius 3 is 2.37 bits per heavy atom. The van der Waals surface area contributed by atoms with E-state index < -0.39 is 11.9 Å². The molecule has 7 nitrogen and oxygen atoms in total. The van der Waals surface area contributed by atoms with Crippen LogP contribution in [-0.4, -0.2) is 42.1 Å². The minimum absolute atomic E-state index is 0.0250. The Labute approximate surface area is 175 Å². The van der Waals surface area contributed by atoms with E-state index in [0.717, 1.165) is 11.8 Å². The van der Waals surface area contributed by atoms with Gasteiger partial charge in [-0.3, -0.25) is 4.79 Å². The van der Waals surface area contributed by atoms with Crippen molar-refractivity contribution < 1.29 is 32.2 Å². The molecule has 0 radical (unpaired) electrons. The first-order chi connectivity index (χ1) is 14.4. The predicted octanol–water partition coefficient (Wildman–Crippen LogP) is 4.72. The van der Waals surface area contributed by atoms with E-state index >= 15 is 0 Å². The van der Waals surface area contributed by atoms with E-state index in [-0.39, 0.29) is 22.6 Å². The summed E-state index contributed by atoms with van der Waals surface area (Å²) < 4.78 is 44.8. The molecule has 0 spiro atoms. The van der Waals surface area contributed by atoms with Crippen LogP contribution in [0.25, 0.3) is 11.5 Å². The third kappa shape index (κ3) is 5.07. The lowest BCUT2D eigenvalue weighted by Crippen LogP contribution is -2.13. The number of ether oxygens (including phenoxy) is 3. The molecule has 3 aromatic rings. The average molecular weight is 436 g/mol. The Morgan fingerprint density at radius 1 is 1.03 bits per heavy atom. The number of Topliss-reactive ketones (excluding diaryl/α,β-unsaturated/α-hetero) is 1. The number of nitrogens with zero attached hydrogens (tertiary/aromatic N) is 2. The summed E-state index contributed by atoms with van der Waals surface area (Å²) in [5.41, 5.74) is 0.997. The van der Waals surface area contributed by atoms with Crippen LogP contribution in [0.4, 0.5) is 8.78 Å². The normalized spacial score (nSPS) is 11.9. The lowest BCUT2D eigenvalue weighted by Gasteiger charge is -2.11. The molecule has 0 aliphatic rings. The zero-order chi connectivity index (χ0) is 21.7. The van der Waals surface area contributed by atoms with Gasteiger partial charge in [0, 0.05) is 11.1 Å². The lowest BCUT2D eigenvalue weighted by molar-refractivity contribution is -0.0498. The highest BCUT2D eigenvalue weighted by atomic mass is 32.2. The van der Waals surface area contributed by atoms with E-state index in [9.17, 15) is 13.6 Å². The highest BCUT2D eigenvalue weighted by Gasteiger charge is 2.21. The summed E-state index contributed by atoms with van der Waals surface area (Å²) in [6, 6.07) is 10.7. The van der Waals surface area contributed by atoms with Crippen LogP contribution < -0.4 is 14.2 Å². The van der Waals surface area contributed by atoms with Crippen molar-refractivity contribution in [3.05, 3.63) is 48.0 Å². The number of halogens is 2. The number of hydrogen-bond acceptors (Lipinski definition) is 8. The molecule has 1 aromatic heterocycles. The summed E-state index contributed by atoms with van der Waals surface area (Å²) >= 11 is 1.11. The highest BCUT2D eigenvalue weighted by Crippen LogP contribution is 2.31. The maximum absolute atomic E-state index is 12.7. The van der Waals surface area contributed by atoms with Gasteiger partial charge in [0.05, 0.1) is 19.5 Å². The molecule has 1 unspecified atom stereocenters. The predicted molar refractivity (Wildman–Crippen MR) is 106 cm³/mol. The fraction of sp³-hybridized carbons (Fsp3) is 0.250. The van der Waals surface area contributed by atoms with Crippen LogP contribution in [0.5, 0.6) is 17.2 Å². The lowest BCUT2D eigenvalue weighted by atomic mass is 10.1. The molecule has 158 valence electrons. The molecule has 0 saturated carbocycles. The molecular formula is C20H18F2N2O5S. The van der Waals surface area contributed by atoms with Gasteiger partial charge in [0.15, 0.2) is 17.3 Å². The molecule has 0 saturated heterocycles. The summed E-state index contributed by atoms with van der Waals surface area (Å²) in [4.78, 5) is 12.7. The van der Waals surface area contributed by atoms with Crippen LogP contribution >= 0.6 is 11.8 Å². The van der Waals surface area contributed by atoms with Crippen molar-refractivity contribution >= 4 is 17.5 Å². The number of carbonyl (C=O) groups excluding carboxylic acids is 1. The van der Waals surface area contributed by atoms with Crippen LogP contribution in [0, 0.1) is 0 Å². The van der Waals surface area contributed by atoms with E-state index in [0.29, 0.717) is 22.6 Å². The Balaban J connectivity index is 1.68. The summed E-state index contributed by atoms with van der Waals surface area (Å²) in [5, 5.41) is 7.58. The van der Waals surface area contributed by atoms with Crippen LogP contribution in [0.1, 0.15) is 17.3 Å². The number of carbonyl (C=O) groups is 1. The summed E-state index contributed by atoms with van der Waals surface area (Å²) in [7, 11) is 3.01. The number of alkyl halides is 2. The zero-order valence-electron chi connectivity index (χ0n) is 16.3. The number of thioether (sulfide) groups is 1. The third-order valence-corrected chi connectivity index (χ3v) is 4.98. The van der Waals surface area contributed by atoms with Gasteiger partial charge in [-0.15, -0.1) is 10.2 Å². The molecule has 0 amide bonds. The van der Waals surface area contributed by atoms with Gasteiger partial charge in [-0.2, -0.15) is 8.78 Å². The summed E-state index contributed by atoms with van der Waals surface area (Å²) in [6.07, 6.45) is 0. The van der Waals surface area contributed by atoms with Crippen LogP contribution in [0.15, 0.2) is 52.1 Å². The van der Waals surface area contributed by atoms with Gasteiger partial charge in [-0.1, -0.05) is 11.8 Å². The van der Waals surface area contributed by atoms with Crippen molar-refractivity contribution in [2.75, 3.05) is 14.2 Å². The van der Waals surface area contributed by atoms with E-state index in [4.69, 9.17) is 13.9 Å². The zero-order valence-corrected chi connectivity index (χ0v) is 17.1. The Bertz CT molecular complexity index is 1010. The standard InChI is InChI=1S/C20H18F2N2O5S/c1-11(17(25)13-6-9-15(26-2)16(10-13)27-3)30-20-24-23-18(29-20)12-4-7-14(8-5-12)28-19(21)22/h4-11,19H,1-3H3. The third-order valence-electron chi connectivity index (χ3n) is 4.05. The molecule has 0 fully saturated rings. The van der Waals surface area contributed by atoms with Crippen molar-refractivity contribution in [2.24, 2.45) is 0 Å². The van der Waals surface area contributed by atoms with Crippen LogP contribution in [-0.2, 0) is 0 Å². The largest absolute Gasteiger partial charge is 0.493 e. The Kier molecular flexibility index (Phi) is 6.88. The minimum atomic E-state index is -2.90. The van der Waals surface area contributed by atoms with Gasteiger partial charge in [-0.05, 0) is 49.4 Å². The smallest absolute Gasteiger partial charge is 0.387 e. The Hall–Kier alpha value is -3.14. The number of hydrogen-bond donors (Lipinski definition) is 0. The van der Waals surface area contributed by atoms with Crippen LogP contribution in [0.3, 0.4) is 0 Å². The van der Waals surface area contributed by atoms with Gasteiger partial charge in [0.1, 0.15) is 5.75 Å².